The third kappa shape index (κ3) is 12.9. The van der Waals surface area contributed by atoms with E-state index in [-0.39, 0.29) is 30.9 Å². The van der Waals surface area contributed by atoms with Gasteiger partial charge in [-0.25, -0.2) is 22.7 Å². The first kappa shape index (κ1) is 31.4. The first-order valence-corrected chi connectivity index (χ1v) is 17.0. The molecule has 0 unspecified atom stereocenters. The van der Waals surface area contributed by atoms with Crippen LogP contribution in [0.2, 0.25) is 25.7 Å². The van der Waals surface area contributed by atoms with Gasteiger partial charge >= 0.3 is 12.1 Å². The number of phenolic OH excluding ortho intramolecular Hbond substituents is 1. The molecular formula is C23H39N3O8SSi. The zero-order valence-electron chi connectivity index (χ0n) is 21.8. The van der Waals surface area contributed by atoms with Crippen LogP contribution >= 0.6 is 0 Å². The second-order valence-electron chi connectivity index (χ2n) is 10.7. The molecule has 0 aliphatic rings. The monoisotopic (exact) mass is 545 g/mol. The van der Waals surface area contributed by atoms with Crippen molar-refractivity contribution in [3.8, 4) is 5.75 Å². The number of carboxylic acids is 1. The van der Waals surface area contributed by atoms with Gasteiger partial charge in [0.05, 0.1) is 5.75 Å². The summed E-state index contributed by atoms with van der Waals surface area (Å²) in [6.45, 7) is 11.2. The number of benzene rings is 1. The van der Waals surface area contributed by atoms with E-state index in [1.165, 1.54) is 24.3 Å². The molecule has 5 N–H and O–H groups in total. The molecule has 1 rings (SSSR count). The second kappa shape index (κ2) is 13.1. The van der Waals surface area contributed by atoms with E-state index in [0.717, 1.165) is 0 Å². The topological polar surface area (TPSA) is 171 Å². The third-order valence-electron chi connectivity index (χ3n) is 4.88. The Hall–Kier alpha value is -2.64. The van der Waals surface area contributed by atoms with Gasteiger partial charge in [0.25, 0.3) is 0 Å². The van der Waals surface area contributed by atoms with Crippen molar-refractivity contribution >= 4 is 36.1 Å². The molecule has 0 aliphatic carbocycles. The SMILES string of the molecule is CC(C)(C)OC(=O)N[C@@H](C(=O)N[C@H](CCCNS(=O)(=O)CC[Si](C)(C)C)C(=O)O)c1ccc(O)cc1. The van der Waals surface area contributed by atoms with Crippen molar-refractivity contribution in [3.05, 3.63) is 29.8 Å². The van der Waals surface area contributed by atoms with Gasteiger partial charge in [0, 0.05) is 14.6 Å². The molecule has 0 heterocycles. The molecule has 0 radical (unpaired) electrons. The van der Waals surface area contributed by atoms with Crippen LogP contribution in [0.25, 0.3) is 0 Å². The fourth-order valence-electron chi connectivity index (χ4n) is 2.95. The van der Waals surface area contributed by atoms with Crippen molar-refractivity contribution in [1.29, 1.82) is 0 Å². The van der Waals surface area contributed by atoms with Crippen LogP contribution in [-0.2, 0) is 24.3 Å². The molecule has 36 heavy (non-hydrogen) atoms. The standard InChI is InChI=1S/C23H39N3O8SSi/c1-23(2,3)34-22(31)26-19(16-9-11-17(27)12-10-16)20(28)25-18(21(29)30)8-7-13-24-35(32,33)14-15-36(4,5)6/h9-12,18-19,24,27H,7-8,13-15H2,1-6H3,(H,25,28)(H,26,31)(H,29,30)/t18-,19-/m1/s1. The second-order valence-corrected chi connectivity index (χ2v) is 18.3. The van der Waals surface area contributed by atoms with Crippen LogP contribution in [0.5, 0.6) is 5.75 Å². The summed E-state index contributed by atoms with van der Waals surface area (Å²) in [6.07, 6.45) is -0.741. The van der Waals surface area contributed by atoms with Crippen molar-refractivity contribution in [2.75, 3.05) is 12.3 Å². The van der Waals surface area contributed by atoms with Gasteiger partial charge < -0.3 is 25.6 Å². The van der Waals surface area contributed by atoms with Crippen LogP contribution < -0.4 is 15.4 Å². The summed E-state index contributed by atoms with van der Waals surface area (Å²) in [5, 5.41) is 24.0. The van der Waals surface area contributed by atoms with Gasteiger partial charge in [-0.3, -0.25) is 4.79 Å². The van der Waals surface area contributed by atoms with Crippen LogP contribution in [0.3, 0.4) is 0 Å². The van der Waals surface area contributed by atoms with Gasteiger partial charge in [-0.2, -0.15) is 0 Å². The molecule has 0 bridgehead atoms. The molecule has 0 aliphatic heterocycles. The Balaban J connectivity index is 2.84. The molecule has 0 saturated heterocycles. The van der Waals surface area contributed by atoms with Crippen molar-refractivity contribution in [2.24, 2.45) is 0 Å². The zero-order valence-corrected chi connectivity index (χ0v) is 23.6. The van der Waals surface area contributed by atoms with Gasteiger partial charge in [-0.15, -0.1) is 0 Å². The van der Waals surface area contributed by atoms with E-state index in [9.17, 15) is 33.0 Å². The summed E-state index contributed by atoms with van der Waals surface area (Å²) in [4.78, 5) is 37.1. The lowest BCUT2D eigenvalue weighted by atomic mass is 10.0. The van der Waals surface area contributed by atoms with Crippen LogP contribution in [0.1, 0.15) is 45.2 Å². The van der Waals surface area contributed by atoms with Gasteiger partial charge in [0.2, 0.25) is 15.9 Å². The van der Waals surface area contributed by atoms with E-state index in [1.54, 1.807) is 20.8 Å². The summed E-state index contributed by atoms with van der Waals surface area (Å²) in [5.41, 5.74) is -0.526. The van der Waals surface area contributed by atoms with Gasteiger partial charge in [-0.1, -0.05) is 31.8 Å². The summed E-state index contributed by atoms with van der Waals surface area (Å²) < 4.78 is 32.0. The van der Waals surface area contributed by atoms with E-state index in [2.05, 4.69) is 35.0 Å². The highest BCUT2D eigenvalue weighted by Gasteiger charge is 2.29. The number of carboxylic acid groups (broad SMARTS) is 1. The van der Waals surface area contributed by atoms with E-state index < -0.39 is 53.8 Å². The summed E-state index contributed by atoms with van der Waals surface area (Å²) in [5.74, 6) is -2.13. The minimum Gasteiger partial charge on any atom is -0.508 e. The maximum absolute atomic E-state index is 13.0. The normalized spacial score (nSPS) is 13.9. The highest BCUT2D eigenvalue weighted by Crippen LogP contribution is 2.19. The number of rotatable bonds is 13. The number of amides is 2. The number of carbonyl (C=O) groups excluding carboxylic acids is 2. The molecule has 2 amide bonds. The highest BCUT2D eigenvalue weighted by atomic mass is 32.2. The summed E-state index contributed by atoms with van der Waals surface area (Å²) in [6, 6.07) is 3.50. The van der Waals surface area contributed by atoms with E-state index in [4.69, 9.17) is 4.74 Å². The lowest BCUT2D eigenvalue weighted by Gasteiger charge is -2.25. The third-order valence-corrected chi connectivity index (χ3v) is 8.37. The predicted molar refractivity (Wildman–Crippen MR) is 139 cm³/mol. The maximum Gasteiger partial charge on any atom is 0.408 e. The number of aliphatic carboxylic acids is 1. The molecule has 1 aromatic rings. The van der Waals surface area contributed by atoms with Gasteiger partial charge in [0.1, 0.15) is 23.4 Å². The molecule has 2 atom stereocenters. The number of hydrogen-bond acceptors (Lipinski definition) is 7. The zero-order chi connectivity index (χ0) is 27.7. The fraction of sp³-hybridized carbons (Fsp3) is 0.609. The number of hydrogen-bond donors (Lipinski definition) is 5. The Kier molecular flexibility index (Phi) is 11.4. The summed E-state index contributed by atoms with van der Waals surface area (Å²) in [7, 11) is -5.00. The average Bonchev–Trinajstić information content (AvgIpc) is 2.71. The van der Waals surface area contributed by atoms with Crippen molar-refractivity contribution in [3.63, 3.8) is 0 Å². The minimum absolute atomic E-state index is 0.0203. The van der Waals surface area contributed by atoms with Crippen molar-refractivity contribution < 1.29 is 37.8 Å². The van der Waals surface area contributed by atoms with Crippen LogP contribution in [-0.4, -0.2) is 68.6 Å². The minimum atomic E-state index is -3.47. The number of alkyl carbamates (subject to hydrolysis) is 1. The Morgan fingerprint density at radius 2 is 1.64 bits per heavy atom. The molecule has 13 heteroatoms. The lowest BCUT2D eigenvalue weighted by molar-refractivity contribution is -0.142. The number of sulfonamides is 1. The molecule has 0 aromatic heterocycles. The molecule has 11 nitrogen and oxygen atoms in total. The van der Waals surface area contributed by atoms with Gasteiger partial charge in [-0.05, 0) is 57.4 Å². The molecule has 0 fully saturated rings. The van der Waals surface area contributed by atoms with Crippen LogP contribution in [0.15, 0.2) is 24.3 Å². The van der Waals surface area contributed by atoms with E-state index >= 15 is 0 Å². The first-order valence-electron chi connectivity index (χ1n) is 11.7. The summed E-state index contributed by atoms with van der Waals surface area (Å²) >= 11 is 0. The number of phenols is 1. The first-order chi connectivity index (χ1) is 16.4. The lowest BCUT2D eigenvalue weighted by Crippen LogP contribution is -2.48. The molecule has 1 aromatic carbocycles. The van der Waals surface area contributed by atoms with Crippen LogP contribution in [0, 0.1) is 0 Å². The number of aromatic hydroxyl groups is 1. The Labute approximate surface area is 214 Å². The largest absolute Gasteiger partial charge is 0.508 e. The van der Waals surface area contributed by atoms with Crippen molar-refractivity contribution in [2.45, 2.75) is 77.0 Å². The Morgan fingerprint density at radius 1 is 1.06 bits per heavy atom. The van der Waals surface area contributed by atoms with Gasteiger partial charge in [0.15, 0.2) is 0 Å². The van der Waals surface area contributed by atoms with Crippen LogP contribution in [0.4, 0.5) is 4.79 Å². The molecular weight excluding hydrogens is 506 g/mol. The fourth-order valence-corrected chi connectivity index (χ4v) is 7.08. The highest BCUT2D eigenvalue weighted by molar-refractivity contribution is 7.89. The smallest absolute Gasteiger partial charge is 0.408 e. The Morgan fingerprint density at radius 3 is 2.14 bits per heavy atom. The number of ether oxygens (including phenoxy) is 1. The quantitative estimate of drug-likeness (QED) is 0.186. The Bertz CT molecular complexity index is 1000. The number of nitrogens with one attached hydrogen (secondary N) is 3. The number of carbonyl (C=O) groups is 3. The average molecular weight is 546 g/mol. The molecule has 0 saturated carbocycles. The van der Waals surface area contributed by atoms with E-state index in [0.29, 0.717) is 11.6 Å². The van der Waals surface area contributed by atoms with E-state index in [1.807, 2.05) is 0 Å². The molecule has 0 spiro atoms. The molecule has 204 valence electrons. The predicted octanol–water partition coefficient (Wildman–Crippen LogP) is 2.57. The maximum atomic E-state index is 13.0. The van der Waals surface area contributed by atoms with Crippen molar-refractivity contribution in [1.82, 2.24) is 15.4 Å².